The first-order valence-electron chi connectivity index (χ1n) is 17.8. The molecule has 1 unspecified atom stereocenters. The van der Waals surface area contributed by atoms with E-state index in [4.69, 9.17) is 0 Å². The van der Waals surface area contributed by atoms with E-state index in [0.717, 1.165) is 32.1 Å². The van der Waals surface area contributed by atoms with Gasteiger partial charge in [0.05, 0.1) is 5.41 Å². The van der Waals surface area contributed by atoms with Crippen molar-refractivity contribution in [3.8, 4) is 0 Å². The summed E-state index contributed by atoms with van der Waals surface area (Å²) in [6.07, 6.45) is 15.7. The van der Waals surface area contributed by atoms with Crippen LogP contribution in [0, 0.1) is 0 Å². The van der Waals surface area contributed by atoms with E-state index in [-0.39, 0.29) is 5.41 Å². The molecule has 0 saturated heterocycles. The third-order valence-electron chi connectivity index (χ3n) is 11.5. The van der Waals surface area contributed by atoms with E-state index in [0.29, 0.717) is 5.92 Å². The molecule has 47 heavy (non-hydrogen) atoms. The van der Waals surface area contributed by atoms with Gasteiger partial charge in [-0.15, -0.1) is 11.3 Å². The van der Waals surface area contributed by atoms with Crippen LogP contribution in [0.1, 0.15) is 99.2 Å². The van der Waals surface area contributed by atoms with Gasteiger partial charge < -0.3 is 0 Å². The number of hydrogen-bond acceptors (Lipinski definition) is 1. The standard InChI is InChI=1S/C46H42S/c1-31-14-13-17-33(28-31)39(29-32-15-5-2-6-16-32)34-24-26-41-40(30-34)44-42(27-25-38-37-22-11-12-23-43(37)47-45(38)44)46(41,35-18-7-3-8-19-35)36-20-9-4-10-21-36/h2-10,14-16,18-21,24,26,28,30,39H,11-13,17,22-23,25,27,29H2,1H3. The molecular formula is C46H42S. The summed E-state index contributed by atoms with van der Waals surface area (Å²) < 4.78 is 0. The first-order chi connectivity index (χ1) is 23.2. The summed E-state index contributed by atoms with van der Waals surface area (Å²) in [5, 5.41) is 0. The van der Waals surface area contributed by atoms with Crippen LogP contribution in [0.25, 0.3) is 5.57 Å². The molecule has 1 atom stereocenters. The minimum atomic E-state index is -0.285. The molecule has 0 bridgehead atoms. The van der Waals surface area contributed by atoms with E-state index in [1.54, 1.807) is 37.6 Å². The summed E-state index contributed by atoms with van der Waals surface area (Å²) in [6, 6.07) is 41.7. The van der Waals surface area contributed by atoms with Gasteiger partial charge in [0.25, 0.3) is 0 Å². The minimum Gasteiger partial charge on any atom is -0.140 e. The lowest BCUT2D eigenvalue weighted by molar-refractivity contribution is 0.672. The zero-order valence-electron chi connectivity index (χ0n) is 27.4. The van der Waals surface area contributed by atoms with Gasteiger partial charge in [0, 0.05) is 21.2 Å². The summed E-state index contributed by atoms with van der Waals surface area (Å²) >= 11 is 2.14. The quantitative estimate of drug-likeness (QED) is 0.176. The lowest BCUT2D eigenvalue weighted by Gasteiger charge is -2.37. The number of allylic oxidation sites excluding steroid dienone is 5. The van der Waals surface area contributed by atoms with Gasteiger partial charge in [-0.1, -0.05) is 132 Å². The second-order valence-electron chi connectivity index (χ2n) is 14.1. The summed E-state index contributed by atoms with van der Waals surface area (Å²) in [6.45, 7) is 2.27. The molecule has 0 radical (unpaired) electrons. The highest BCUT2D eigenvalue weighted by molar-refractivity contribution is 7.13. The third kappa shape index (κ3) is 4.69. The molecule has 0 spiro atoms. The van der Waals surface area contributed by atoms with Gasteiger partial charge in [0.2, 0.25) is 0 Å². The molecule has 0 N–H and O–H groups in total. The molecular weight excluding hydrogens is 585 g/mol. The largest absolute Gasteiger partial charge is 0.140 e. The Morgan fingerprint density at radius 2 is 1.40 bits per heavy atom. The third-order valence-corrected chi connectivity index (χ3v) is 12.8. The molecule has 4 aromatic carbocycles. The Balaban J connectivity index is 1.31. The lowest BCUT2D eigenvalue weighted by Crippen LogP contribution is -2.30. The van der Waals surface area contributed by atoms with Crippen molar-refractivity contribution in [2.75, 3.05) is 0 Å². The van der Waals surface area contributed by atoms with Gasteiger partial charge in [-0.2, -0.15) is 0 Å². The smallest absolute Gasteiger partial charge is 0.0677 e. The molecule has 5 aromatic rings. The number of fused-ring (bicyclic) bond motifs is 6. The summed E-state index contributed by atoms with van der Waals surface area (Å²) in [4.78, 5) is 3.25. The fourth-order valence-electron chi connectivity index (χ4n) is 9.42. The monoisotopic (exact) mass is 626 g/mol. The average Bonchev–Trinajstić information content (AvgIpc) is 3.65. The Bertz CT molecular complexity index is 2010. The number of hydrogen-bond donors (Lipinski definition) is 0. The molecule has 0 saturated carbocycles. The van der Waals surface area contributed by atoms with Crippen LogP contribution < -0.4 is 0 Å². The molecule has 0 aliphatic heterocycles. The maximum absolute atomic E-state index is 2.65. The molecule has 0 fully saturated rings. The molecule has 0 nitrogen and oxygen atoms in total. The Morgan fingerprint density at radius 3 is 2.13 bits per heavy atom. The van der Waals surface area contributed by atoms with E-state index >= 15 is 0 Å². The zero-order valence-corrected chi connectivity index (χ0v) is 28.2. The van der Waals surface area contributed by atoms with Crippen LogP contribution in [-0.2, 0) is 31.1 Å². The minimum absolute atomic E-state index is 0.285. The predicted octanol–water partition coefficient (Wildman–Crippen LogP) is 11.7. The van der Waals surface area contributed by atoms with Crippen LogP contribution in [0.2, 0.25) is 0 Å². The molecule has 9 rings (SSSR count). The Hall–Kier alpha value is -4.20. The highest BCUT2D eigenvalue weighted by Gasteiger charge is 2.50. The van der Waals surface area contributed by atoms with Gasteiger partial charge in [-0.05, 0) is 115 Å². The fraction of sp³-hybridized carbons (Fsp3) is 0.261. The van der Waals surface area contributed by atoms with Crippen molar-refractivity contribution in [3.63, 3.8) is 0 Å². The number of rotatable bonds is 6. The number of thiophene rings is 1. The van der Waals surface area contributed by atoms with Crippen molar-refractivity contribution < 1.29 is 0 Å². The van der Waals surface area contributed by atoms with E-state index in [9.17, 15) is 0 Å². The first kappa shape index (κ1) is 29.0. The zero-order chi connectivity index (χ0) is 31.4. The van der Waals surface area contributed by atoms with Gasteiger partial charge in [0.15, 0.2) is 0 Å². The van der Waals surface area contributed by atoms with Crippen LogP contribution in [0.4, 0.5) is 0 Å². The van der Waals surface area contributed by atoms with Crippen molar-refractivity contribution in [2.24, 2.45) is 0 Å². The molecule has 1 heteroatoms. The van der Waals surface area contributed by atoms with E-state index in [1.807, 2.05) is 0 Å². The average molecular weight is 627 g/mol. The Kier molecular flexibility index (Phi) is 7.27. The maximum atomic E-state index is 2.65. The number of aryl methyl sites for hydroxylation is 1. The van der Waals surface area contributed by atoms with Crippen molar-refractivity contribution >= 4 is 16.9 Å². The normalized spacial score (nSPS) is 18.4. The Morgan fingerprint density at radius 1 is 0.702 bits per heavy atom. The molecule has 0 amide bonds. The summed E-state index contributed by atoms with van der Waals surface area (Å²) in [5.41, 5.74) is 17.9. The van der Waals surface area contributed by atoms with Crippen molar-refractivity contribution in [2.45, 2.75) is 76.0 Å². The molecule has 232 valence electrons. The van der Waals surface area contributed by atoms with Gasteiger partial charge >= 0.3 is 0 Å². The molecule has 4 aliphatic carbocycles. The molecule has 1 aromatic heterocycles. The van der Waals surface area contributed by atoms with E-state index < -0.39 is 0 Å². The fourth-order valence-corrected chi connectivity index (χ4v) is 10.9. The lowest BCUT2D eigenvalue weighted by atomic mass is 9.65. The van der Waals surface area contributed by atoms with Gasteiger partial charge in [0.1, 0.15) is 0 Å². The molecule has 1 heterocycles. The van der Waals surface area contributed by atoms with Crippen LogP contribution in [-0.4, -0.2) is 0 Å². The highest BCUT2D eigenvalue weighted by atomic mass is 32.1. The topological polar surface area (TPSA) is 0 Å². The van der Waals surface area contributed by atoms with Crippen LogP contribution in [0.15, 0.2) is 138 Å². The van der Waals surface area contributed by atoms with E-state index in [1.165, 1.54) is 64.6 Å². The first-order valence-corrected chi connectivity index (χ1v) is 18.6. The van der Waals surface area contributed by atoms with Crippen LogP contribution in [0.5, 0.6) is 0 Å². The molecule has 4 aliphatic rings. The van der Waals surface area contributed by atoms with Crippen LogP contribution >= 0.6 is 11.3 Å². The maximum Gasteiger partial charge on any atom is 0.0677 e. The van der Waals surface area contributed by atoms with Crippen molar-refractivity contribution in [1.82, 2.24) is 0 Å². The van der Waals surface area contributed by atoms with Gasteiger partial charge in [-0.3, -0.25) is 0 Å². The predicted molar refractivity (Wildman–Crippen MR) is 198 cm³/mol. The number of benzene rings is 4. The Labute approximate surface area is 284 Å². The van der Waals surface area contributed by atoms with E-state index in [2.05, 4.69) is 140 Å². The van der Waals surface area contributed by atoms with Crippen LogP contribution in [0.3, 0.4) is 0 Å². The second kappa shape index (κ2) is 11.8. The summed E-state index contributed by atoms with van der Waals surface area (Å²) in [5.74, 6) is 0.360. The highest BCUT2D eigenvalue weighted by Crippen LogP contribution is 2.61. The van der Waals surface area contributed by atoms with Crippen molar-refractivity contribution in [3.05, 3.63) is 192 Å². The van der Waals surface area contributed by atoms with Crippen molar-refractivity contribution in [1.29, 1.82) is 0 Å². The van der Waals surface area contributed by atoms with Gasteiger partial charge in [-0.25, -0.2) is 0 Å². The second-order valence-corrected chi connectivity index (χ2v) is 15.2. The SMILES string of the molecule is CC1=CCCC(C(Cc2ccccc2)c2ccc3c(c2)C2=C(CCc4c2sc2c4CCCC2)C3(c2ccccc2)c2ccccc2)=C1. The summed E-state index contributed by atoms with van der Waals surface area (Å²) in [7, 11) is 0.